The maximum atomic E-state index is 3.25. The van der Waals surface area contributed by atoms with Gasteiger partial charge in [0.1, 0.15) is 0 Å². The van der Waals surface area contributed by atoms with E-state index in [0.717, 1.165) is 12.8 Å². The third kappa shape index (κ3) is 36.0. The van der Waals surface area contributed by atoms with E-state index >= 15 is 0 Å². The fourth-order valence-corrected chi connectivity index (χ4v) is 0.680. The molecule has 2 aliphatic carbocycles. The molecule has 0 aromatic heterocycles. The Morgan fingerprint density at radius 3 is 1.11 bits per heavy atom. The van der Waals surface area contributed by atoms with Crippen LogP contribution in [-0.4, -0.2) is 0 Å². The molecule has 0 atom stereocenters. The van der Waals surface area contributed by atoms with Crippen molar-refractivity contribution in [3.05, 3.63) is 77.3 Å². The van der Waals surface area contributed by atoms with Crippen molar-refractivity contribution < 1.29 is 45.7 Å². The third-order valence-corrected chi connectivity index (χ3v) is 1.17. The molecule has 0 aliphatic heterocycles. The Labute approximate surface area is 149 Å². The zero-order valence-corrected chi connectivity index (χ0v) is 17.9. The zero-order valence-electron chi connectivity index (χ0n) is 12.5. The first kappa shape index (κ1) is 36.2. The third-order valence-electron chi connectivity index (χ3n) is 1.17. The summed E-state index contributed by atoms with van der Waals surface area (Å²) in [5.74, 6) is 0. The van der Waals surface area contributed by atoms with Gasteiger partial charge >= 0.3 is 26.2 Å². The van der Waals surface area contributed by atoms with Gasteiger partial charge in [0.2, 0.25) is 0 Å². The second-order valence-electron chi connectivity index (χ2n) is 2.01. The topological polar surface area (TPSA) is 0 Å². The van der Waals surface area contributed by atoms with E-state index in [1.54, 1.807) is 13.8 Å². The van der Waals surface area contributed by atoms with Gasteiger partial charge in [-0.05, 0) is 0 Å². The summed E-state index contributed by atoms with van der Waals surface area (Å²) in [6, 6.07) is 0. The summed E-state index contributed by atoms with van der Waals surface area (Å²) in [6.07, 6.45) is 20.0. The summed E-state index contributed by atoms with van der Waals surface area (Å²) in [4.78, 5) is 0. The van der Waals surface area contributed by atoms with Gasteiger partial charge in [0.15, 0.2) is 0 Å². The van der Waals surface area contributed by atoms with Gasteiger partial charge in [-0.15, -0.1) is 12.8 Å². The van der Waals surface area contributed by atoms with Gasteiger partial charge < -0.3 is 28.7 Å². The fraction of sp³-hybridized carbons (Fsp3) is 0.250. The average molecular weight is 375 g/mol. The van der Waals surface area contributed by atoms with Crippen molar-refractivity contribution in [1.29, 1.82) is 0 Å². The molecule has 0 aromatic carbocycles. The smallest absolute Gasteiger partial charge is 0.358 e. The Bertz CT molecular complexity index is 149. The molecule has 100 valence electrons. The largest absolute Gasteiger partial charge is 2.00 e. The number of rotatable bonds is 0. The van der Waals surface area contributed by atoms with Crippen LogP contribution in [0.4, 0.5) is 0 Å². The van der Waals surface area contributed by atoms with Crippen LogP contribution in [0.1, 0.15) is 26.7 Å². The molecule has 0 unspecified atom stereocenters. The van der Waals surface area contributed by atoms with Gasteiger partial charge in [0.25, 0.3) is 0 Å². The van der Waals surface area contributed by atoms with Gasteiger partial charge in [0.05, 0.1) is 0 Å². The van der Waals surface area contributed by atoms with Crippen molar-refractivity contribution in [1.82, 2.24) is 0 Å². The van der Waals surface area contributed by atoms with Crippen molar-refractivity contribution in [2.24, 2.45) is 0 Å². The predicted octanol–water partition coefficient (Wildman–Crippen LogP) is 5.19. The number of allylic oxidation sites excluding steroid dienone is 8. The number of hydrogen-bond donors (Lipinski definition) is 0. The first-order valence-corrected chi connectivity index (χ1v) is 4.85. The summed E-state index contributed by atoms with van der Waals surface area (Å²) >= 11 is 0. The van der Waals surface area contributed by atoms with Gasteiger partial charge in [-0.3, -0.25) is 12.2 Å². The maximum Gasteiger partial charge on any atom is 2.00 e. The van der Waals surface area contributed by atoms with Crippen LogP contribution in [0.3, 0.4) is 0 Å². The SMILES string of the molecule is [C-]1=CC=CC1.[C-]1=CC=CC1.[CH2-]C.[CH2-]C.[CH3-].[CH3-].[Zn].[Zr+2]. The normalized spacial score (nSPS) is 10.4. The van der Waals surface area contributed by atoms with Gasteiger partial charge in [0, 0.05) is 19.5 Å². The summed E-state index contributed by atoms with van der Waals surface area (Å²) in [5, 5.41) is 0. The minimum Gasteiger partial charge on any atom is -0.358 e. The molecule has 2 heteroatoms. The van der Waals surface area contributed by atoms with Crippen molar-refractivity contribution >= 4 is 0 Å². The van der Waals surface area contributed by atoms with Crippen LogP contribution in [0.5, 0.6) is 0 Å². The summed E-state index contributed by atoms with van der Waals surface area (Å²) in [7, 11) is 0. The molecule has 0 radical (unpaired) electrons. The van der Waals surface area contributed by atoms with E-state index in [2.05, 4.69) is 38.2 Å². The summed E-state index contributed by atoms with van der Waals surface area (Å²) in [6.45, 7) is 10.0. The van der Waals surface area contributed by atoms with Crippen LogP contribution in [0, 0.1) is 40.9 Å². The molecule has 0 fully saturated rings. The molecule has 0 aromatic rings. The summed E-state index contributed by atoms with van der Waals surface area (Å²) < 4.78 is 0. The van der Waals surface area contributed by atoms with Crippen LogP contribution < -0.4 is 0 Å². The monoisotopic (exact) mass is 372 g/mol. The predicted molar refractivity (Wildman–Crippen MR) is 78.0 cm³/mol. The van der Waals surface area contributed by atoms with Crippen molar-refractivity contribution in [3.8, 4) is 0 Å². The molecule has 2 rings (SSSR count). The molecule has 0 saturated carbocycles. The molecular formula is C16H26ZnZr-4. The van der Waals surface area contributed by atoms with E-state index in [0.29, 0.717) is 0 Å². The van der Waals surface area contributed by atoms with Crippen molar-refractivity contribution in [3.63, 3.8) is 0 Å². The van der Waals surface area contributed by atoms with E-state index < -0.39 is 0 Å². The molecule has 18 heavy (non-hydrogen) atoms. The van der Waals surface area contributed by atoms with E-state index in [-0.39, 0.29) is 60.5 Å². The quantitative estimate of drug-likeness (QED) is 0.404. The molecule has 0 amide bonds. The maximum absolute atomic E-state index is 3.25. The Morgan fingerprint density at radius 2 is 1.06 bits per heavy atom. The van der Waals surface area contributed by atoms with Crippen LogP contribution in [0.2, 0.25) is 0 Å². The first-order valence-electron chi connectivity index (χ1n) is 4.85. The first-order chi connectivity index (χ1) is 7.00. The van der Waals surface area contributed by atoms with Crippen LogP contribution >= 0.6 is 0 Å². The molecule has 0 spiro atoms. The molecular weight excluding hydrogens is 349 g/mol. The van der Waals surface area contributed by atoms with E-state index in [1.165, 1.54) is 0 Å². The minimum absolute atomic E-state index is 0. The standard InChI is InChI=1S/2C5H5.2C2H5.2CH3.Zn.Zr/c2*1-2-4-5-3-1;2*1-2;;;;/h2*1-3H,4H2;2*1H2,2H3;2*1H3;;/q6*-1;;+2. The second kappa shape index (κ2) is 43.2. The Kier molecular flexibility index (Phi) is 87.1. The van der Waals surface area contributed by atoms with E-state index in [9.17, 15) is 0 Å². The van der Waals surface area contributed by atoms with E-state index in [4.69, 9.17) is 0 Å². The molecule has 0 nitrogen and oxygen atoms in total. The fourth-order valence-electron chi connectivity index (χ4n) is 0.680. The Balaban J connectivity index is -0.0000000268. The second-order valence-corrected chi connectivity index (χ2v) is 2.01. The van der Waals surface area contributed by atoms with Gasteiger partial charge in [-0.2, -0.15) is 26.0 Å². The Hall–Kier alpha value is 0.466. The summed E-state index contributed by atoms with van der Waals surface area (Å²) in [5.41, 5.74) is 0. The minimum atomic E-state index is 0. The van der Waals surface area contributed by atoms with Crippen molar-refractivity contribution in [2.45, 2.75) is 26.7 Å². The van der Waals surface area contributed by atoms with Gasteiger partial charge in [-0.1, -0.05) is 0 Å². The number of hydrogen-bond acceptors (Lipinski definition) is 0. The van der Waals surface area contributed by atoms with Gasteiger partial charge in [-0.25, -0.2) is 24.3 Å². The molecule has 0 bridgehead atoms. The van der Waals surface area contributed by atoms with Crippen molar-refractivity contribution in [2.75, 3.05) is 0 Å². The van der Waals surface area contributed by atoms with Crippen LogP contribution in [0.25, 0.3) is 0 Å². The zero-order chi connectivity index (χ0) is 11.1. The molecule has 0 saturated heterocycles. The van der Waals surface area contributed by atoms with Crippen LogP contribution in [0.15, 0.2) is 36.5 Å². The van der Waals surface area contributed by atoms with Crippen LogP contribution in [-0.2, 0) is 45.7 Å². The molecule has 0 N–H and O–H groups in total. The molecule has 0 heterocycles. The van der Waals surface area contributed by atoms with E-state index in [1.807, 2.05) is 24.3 Å². The Morgan fingerprint density at radius 1 is 0.778 bits per heavy atom. The molecule has 2 aliphatic rings. The average Bonchev–Trinajstić information content (AvgIpc) is 3.01.